The molecule has 1 aromatic heterocycles. The number of hydrogen-bond acceptors (Lipinski definition) is 7. The summed E-state index contributed by atoms with van der Waals surface area (Å²) in [4.78, 5) is 0. The van der Waals surface area contributed by atoms with Crippen molar-refractivity contribution in [2.24, 2.45) is 0 Å². The van der Waals surface area contributed by atoms with Crippen LogP contribution in [0.4, 0.5) is 5.13 Å². The van der Waals surface area contributed by atoms with Crippen molar-refractivity contribution in [1.82, 2.24) is 10.2 Å². The van der Waals surface area contributed by atoms with Gasteiger partial charge >= 0.3 is 0 Å². The van der Waals surface area contributed by atoms with Gasteiger partial charge in [-0.3, -0.25) is 0 Å². The lowest BCUT2D eigenvalue weighted by Crippen LogP contribution is -2.31. The Morgan fingerprint density at radius 1 is 1.24 bits per heavy atom. The SMILES string of the molecule is c1ccc2c(c1)OCC(CSc1nnc(NC3CC3)s1)O2. The molecule has 1 unspecified atom stereocenters. The summed E-state index contributed by atoms with van der Waals surface area (Å²) in [6, 6.07) is 8.39. The van der Waals surface area contributed by atoms with Crippen LogP contribution in [0, 0.1) is 0 Å². The summed E-state index contributed by atoms with van der Waals surface area (Å²) in [7, 11) is 0. The Kier molecular flexibility index (Phi) is 3.60. The number of nitrogens with zero attached hydrogens (tertiary/aromatic N) is 2. The lowest BCUT2D eigenvalue weighted by molar-refractivity contribution is 0.107. The summed E-state index contributed by atoms with van der Waals surface area (Å²) in [5.74, 6) is 2.46. The molecule has 0 saturated heterocycles. The number of anilines is 1. The molecule has 0 spiro atoms. The normalized spacial score (nSPS) is 20.3. The molecular formula is C14H15N3O2S2. The van der Waals surface area contributed by atoms with E-state index >= 15 is 0 Å². The Bertz CT molecular complexity index is 630. The Morgan fingerprint density at radius 3 is 2.95 bits per heavy atom. The monoisotopic (exact) mass is 321 g/mol. The second kappa shape index (κ2) is 5.73. The largest absolute Gasteiger partial charge is 0.486 e. The third kappa shape index (κ3) is 3.24. The highest BCUT2D eigenvalue weighted by Crippen LogP contribution is 2.34. The number of rotatable bonds is 5. The van der Waals surface area contributed by atoms with E-state index in [1.54, 1.807) is 23.1 Å². The predicted octanol–water partition coefficient (Wildman–Crippen LogP) is 3.04. The number of ether oxygens (including phenoxy) is 2. The first-order valence-electron chi connectivity index (χ1n) is 6.98. The van der Waals surface area contributed by atoms with Gasteiger partial charge in [-0.05, 0) is 25.0 Å². The van der Waals surface area contributed by atoms with E-state index in [9.17, 15) is 0 Å². The van der Waals surface area contributed by atoms with Crippen molar-refractivity contribution >= 4 is 28.2 Å². The number of aromatic nitrogens is 2. The molecule has 0 bridgehead atoms. The Hall–Kier alpha value is -1.47. The fraction of sp³-hybridized carbons (Fsp3) is 0.429. The standard InChI is InChI=1S/C14H15N3O2S2/c1-2-4-12-11(3-1)18-7-10(19-12)8-20-14-17-16-13(21-14)15-9-5-6-9/h1-4,9-10H,5-8H2,(H,15,16). The third-order valence-electron chi connectivity index (χ3n) is 3.27. The number of thioether (sulfide) groups is 1. The lowest BCUT2D eigenvalue weighted by Gasteiger charge is -2.25. The molecule has 0 amide bonds. The van der Waals surface area contributed by atoms with Crippen LogP contribution in [-0.2, 0) is 0 Å². The van der Waals surface area contributed by atoms with Crippen LogP contribution < -0.4 is 14.8 Å². The average molecular weight is 321 g/mol. The first-order valence-corrected chi connectivity index (χ1v) is 8.78. The quantitative estimate of drug-likeness (QED) is 0.854. The highest BCUT2D eigenvalue weighted by molar-refractivity contribution is 8.01. The molecule has 21 heavy (non-hydrogen) atoms. The number of fused-ring (bicyclic) bond motifs is 1. The van der Waals surface area contributed by atoms with Crippen molar-refractivity contribution < 1.29 is 9.47 Å². The van der Waals surface area contributed by atoms with Crippen molar-refractivity contribution in [3.05, 3.63) is 24.3 Å². The Balaban J connectivity index is 1.31. The maximum Gasteiger partial charge on any atom is 0.206 e. The molecule has 2 aliphatic rings. The molecule has 2 aromatic rings. The fourth-order valence-corrected chi connectivity index (χ4v) is 3.86. The fourth-order valence-electron chi connectivity index (χ4n) is 2.04. The van der Waals surface area contributed by atoms with Crippen LogP contribution in [0.15, 0.2) is 28.6 Å². The minimum atomic E-state index is 0.0497. The van der Waals surface area contributed by atoms with Crippen molar-refractivity contribution in [3.63, 3.8) is 0 Å². The second-order valence-electron chi connectivity index (χ2n) is 5.10. The zero-order chi connectivity index (χ0) is 14.1. The predicted molar refractivity (Wildman–Crippen MR) is 83.6 cm³/mol. The van der Waals surface area contributed by atoms with Crippen LogP contribution in [0.2, 0.25) is 0 Å². The van der Waals surface area contributed by atoms with Crippen LogP contribution in [0.3, 0.4) is 0 Å². The molecule has 7 heteroatoms. The molecule has 1 N–H and O–H groups in total. The van der Waals surface area contributed by atoms with Gasteiger partial charge in [0.1, 0.15) is 12.7 Å². The molecule has 1 aliphatic heterocycles. The Labute approximate surface area is 131 Å². The van der Waals surface area contributed by atoms with Crippen LogP contribution in [0.25, 0.3) is 0 Å². The molecule has 1 fully saturated rings. The van der Waals surface area contributed by atoms with Gasteiger partial charge in [0.25, 0.3) is 0 Å². The van der Waals surface area contributed by atoms with E-state index in [0.717, 1.165) is 26.7 Å². The van der Waals surface area contributed by atoms with E-state index < -0.39 is 0 Å². The van der Waals surface area contributed by atoms with Gasteiger partial charge in [-0.1, -0.05) is 35.2 Å². The molecule has 5 nitrogen and oxygen atoms in total. The third-order valence-corrected chi connectivity index (χ3v) is 5.39. The molecule has 1 atom stereocenters. The van der Waals surface area contributed by atoms with Crippen molar-refractivity contribution in [3.8, 4) is 11.5 Å². The van der Waals surface area contributed by atoms with Gasteiger partial charge in [-0.25, -0.2) is 0 Å². The second-order valence-corrected chi connectivity index (χ2v) is 7.34. The van der Waals surface area contributed by atoms with Crippen LogP contribution in [0.5, 0.6) is 11.5 Å². The first kappa shape index (κ1) is 13.2. The Morgan fingerprint density at radius 2 is 2.10 bits per heavy atom. The summed E-state index contributed by atoms with van der Waals surface area (Å²) < 4.78 is 12.6. The minimum absolute atomic E-state index is 0.0497. The average Bonchev–Trinajstić information content (AvgIpc) is 3.22. The van der Waals surface area contributed by atoms with Crippen LogP contribution in [-0.4, -0.2) is 34.7 Å². The number of para-hydroxylation sites is 2. The van der Waals surface area contributed by atoms with E-state index in [-0.39, 0.29) is 6.10 Å². The first-order chi connectivity index (χ1) is 10.4. The van der Waals surface area contributed by atoms with Crippen molar-refractivity contribution in [2.45, 2.75) is 29.3 Å². The highest BCUT2D eigenvalue weighted by Gasteiger charge is 2.23. The minimum Gasteiger partial charge on any atom is -0.486 e. The number of hydrogen-bond donors (Lipinski definition) is 1. The summed E-state index contributed by atoms with van der Waals surface area (Å²) in [5, 5.41) is 12.6. The van der Waals surface area contributed by atoms with Gasteiger partial charge in [0.15, 0.2) is 15.8 Å². The zero-order valence-electron chi connectivity index (χ0n) is 11.3. The molecule has 0 radical (unpaired) electrons. The van der Waals surface area contributed by atoms with Crippen molar-refractivity contribution in [1.29, 1.82) is 0 Å². The van der Waals surface area contributed by atoms with E-state index in [1.165, 1.54) is 12.8 Å². The molecule has 1 aromatic carbocycles. The topological polar surface area (TPSA) is 56.3 Å². The summed E-state index contributed by atoms with van der Waals surface area (Å²) >= 11 is 3.28. The van der Waals surface area contributed by atoms with Gasteiger partial charge in [0.2, 0.25) is 5.13 Å². The molecule has 110 valence electrons. The lowest BCUT2D eigenvalue weighted by atomic mass is 10.3. The highest BCUT2D eigenvalue weighted by atomic mass is 32.2. The summed E-state index contributed by atoms with van der Waals surface area (Å²) in [6.45, 7) is 0.579. The van der Waals surface area contributed by atoms with E-state index in [4.69, 9.17) is 9.47 Å². The van der Waals surface area contributed by atoms with Crippen molar-refractivity contribution in [2.75, 3.05) is 17.7 Å². The molecule has 2 heterocycles. The maximum absolute atomic E-state index is 5.93. The molecular weight excluding hydrogens is 306 g/mol. The van der Waals surface area contributed by atoms with E-state index in [0.29, 0.717) is 12.6 Å². The van der Waals surface area contributed by atoms with Gasteiger partial charge in [0, 0.05) is 11.8 Å². The van der Waals surface area contributed by atoms with Crippen LogP contribution in [0.1, 0.15) is 12.8 Å². The maximum atomic E-state index is 5.93. The van der Waals surface area contributed by atoms with Crippen LogP contribution >= 0.6 is 23.1 Å². The molecule has 1 saturated carbocycles. The zero-order valence-corrected chi connectivity index (χ0v) is 13.0. The van der Waals surface area contributed by atoms with E-state index in [2.05, 4.69) is 15.5 Å². The number of nitrogens with one attached hydrogen (secondary N) is 1. The summed E-state index contributed by atoms with van der Waals surface area (Å²) in [6.07, 6.45) is 2.54. The molecule has 1 aliphatic carbocycles. The van der Waals surface area contributed by atoms with Gasteiger partial charge in [-0.15, -0.1) is 10.2 Å². The van der Waals surface area contributed by atoms with Gasteiger partial charge in [0.05, 0.1) is 0 Å². The molecule has 4 rings (SSSR count). The summed E-state index contributed by atoms with van der Waals surface area (Å²) in [5.41, 5.74) is 0. The van der Waals surface area contributed by atoms with E-state index in [1.807, 2.05) is 24.3 Å². The van der Waals surface area contributed by atoms with Gasteiger partial charge < -0.3 is 14.8 Å². The number of benzene rings is 1. The van der Waals surface area contributed by atoms with Gasteiger partial charge in [-0.2, -0.15) is 0 Å². The smallest absolute Gasteiger partial charge is 0.206 e.